The van der Waals surface area contributed by atoms with E-state index in [-0.39, 0.29) is 19.0 Å². The van der Waals surface area contributed by atoms with Crippen LogP contribution in [0.1, 0.15) is 0 Å². The topological polar surface area (TPSA) is 98.7 Å². The van der Waals surface area contributed by atoms with Gasteiger partial charge in [0.15, 0.2) is 0 Å². The molecule has 7 nitrogen and oxygen atoms in total. The van der Waals surface area contributed by atoms with Crippen molar-refractivity contribution in [2.75, 3.05) is 31.1 Å². The molecule has 3 N–H and O–H groups in total. The van der Waals surface area contributed by atoms with E-state index in [4.69, 9.17) is 11.5 Å². The van der Waals surface area contributed by atoms with Crippen molar-refractivity contribution in [3.05, 3.63) is 0 Å². The lowest BCUT2D eigenvalue weighted by Crippen LogP contribution is -2.61. The van der Waals surface area contributed by atoms with Crippen molar-refractivity contribution in [2.24, 2.45) is 0 Å². The van der Waals surface area contributed by atoms with E-state index < -0.39 is 18.0 Å². The van der Waals surface area contributed by atoms with E-state index in [1.165, 1.54) is 11.8 Å². The van der Waals surface area contributed by atoms with Gasteiger partial charge in [-0.25, -0.2) is 9.59 Å². The molecule has 1 aliphatic heterocycles. The largest absolute Gasteiger partial charge is 0.480 e. The van der Waals surface area contributed by atoms with Crippen LogP contribution < -0.4 is 10.6 Å². The van der Waals surface area contributed by atoms with Crippen molar-refractivity contribution < 1.29 is 19.5 Å². The third-order valence-corrected chi connectivity index (χ3v) is 3.30. The molecule has 1 rings (SSSR count). The SMILES string of the molecule is C#CCSCCNC(=O)N1CC(=O)NCC1C(=O)O. The summed E-state index contributed by atoms with van der Waals surface area (Å²) in [5, 5.41) is 14.0. The molecule has 1 aliphatic rings. The highest BCUT2D eigenvalue weighted by molar-refractivity contribution is 7.99. The Balaban J connectivity index is 2.45. The smallest absolute Gasteiger partial charge is 0.328 e. The molecule has 1 saturated heterocycles. The van der Waals surface area contributed by atoms with Gasteiger partial charge >= 0.3 is 12.0 Å². The average Bonchev–Trinajstić information content (AvgIpc) is 2.37. The quantitative estimate of drug-likeness (QED) is 0.442. The van der Waals surface area contributed by atoms with E-state index in [9.17, 15) is 14.4 Å². The number of rotatable bonds is 5. The van der Waals surface area contributed by atoms with Crippen molar-refractivity contribution >= 4 is 29.7 Å². The maximum absolute atomic E-state index is 11.8. The first-order chi connectivity index (χ1) is 9.06. The highest BCUT2D eigenvalue weighted by atomic mass is 32.2. The molecule has 0 radical (unpaired) electrons. The minimum atomic E-state index is -1.14. The molecule has 0 spiro atoms. The number of aliphatic carboxylic acids is 1. The molecule has 0 saturated carbocycles. The van der Waals surface area contributed by atoms with Crippen LogP contribution >= 0.6 is 11.8 Å². The van der Waals surface area contributed by atoms with Gasteiger partial charge in [-0.15, -0.1) is 18.2 Å². The number of nitrogens with one attached hydrogen (secondary N) is 2. The summed E-state index contributed by atoms with van der Waals surface area (Å²) in [6.07, 6.45) is 5.08. The van der Waals surface area contributed by atoms with Crippen molar-refractivity contribution in [2.45, 2.75) is 6.04 Å². The van der Waals surface area contributed by atoms with E-state index in [0.717, 1.165) is 4.90 Å². The van der Waals surface area contributed by atoms with Gasteiger partial charge in [-0.2, -0.15) is 0 Å². The molecular weight excluding hydrogens is 270 g/mol. The lowest BCUT2D eigenvalue weighted by molar-refractivity contribution is -0.144. The molecule has 1 fully saturated rings. The summed E-state index contributed by atoms with van der Waals surface area (Å²) in [7, 11) is 0. The number of urea groups is 1. The molecule has 1 unspecified atom stereocenters. The number of carbonyl (C=O) groups is 3. The van der Waals surface area contributed by atoms with Gasteiger partial charge in [0.2, 0.25) is 5.91 Å². The van der Waals surface area contributed by atoms with Crippen molar-refractivity contribution in [1.82, 2.24) is 15.5 Å². The molecule has 1 heterocycles. The van der Waals surface area contributed by atoms with Crippen LogP contribution in [0.4, 0.5) is 4.79 Å². The van der Waals surface area contributed by atoms with E-state index in [0.29, 0.717) is 18.1 Å². The molecule has 0 aromatic heterocycles. The van der Waals surface area contributed by atoms with Gasteiger partial charge < -0.3 is 15.7 Å². The second-order valence-electron chi connectivity index (χ2n) is 3.77. The molecule has 0 bridgehead atoms. The summed E-state index contributed by atoms with van der Waals surface area (Å²) in [6.45, 7) is 0.0450. The predicted molar refractivity (Wildman–Crippen MR) is 70.7 cm³/mol. The molecule has 0 aliphatic carbocycles. The van der Waals surface area contributed by atoms with Gasteiger partial charge in [-0.1, -0.05) is 5.92 Å². The molecule has 3 amide bonds. The molecule has 104 valence electrons. The lowest BCUT2D eigenvalue weighted by Gasteiger charge is -2.32. The van der Waals surface area contributed by atoms with Gasteiger partial charge in [0.05, 0.1) is 5.75 Å². The highest BCUT2D eigenvalue weighted by Crippen LogP contribution is 2.05. The Hall–Kier alpha value is -1.88. The predicted octanol–water partition coefficient (Wildman–Crippen LogP) is -1.05. The zero-order valence-electron chi connectivity index (χ0n) is 10.2. The molecular formula is C11H15N3O4S. The second kappa shape index (κ2) is 7.53. The Labute approximate surface area is 115 Å². The number of carboxylic acid groups (broad SMARTS) is 1. The highest BCUT2D eigenvalue weighted by Gasteiger charge is 2.34. The first-order valence-corrected chi connectivity index (χ1v) is 6.77. The van der Waals surface area contributed by atoms with Crippen LogP contribution in [-0.2, 0) is 9.59 Å². The van der Waals surface area contributed by atoms with Crippen LogP contribution in [0.25, 0.3) is 0 Å². The Kier molecular flexibility index (Phi) is 6.02. The van der Waals surface area contributed by atoms with Gasteiger partial charge in [-0.05, 0) is 0 Å². The zero-order valence-corrected chi connectivity index (χ0v) is 11.0. The van der Waals surface area contributed by atoms with Crippen LogP contribution in [0.15, 0.2) is 0 Å². The summed E-state index contributed by atoms with van der Waals surface area (Å²) in [5.74, 6) is 2.14. The first-order valence-electron chi connectivity index (χ1n) is 5.61. The number of nitrogens with zero attached hydrogens (tertiary/aromatic N) is 1. The summed E-state index contributed by atoms with van der Waals surface area (Å²) in [5.41, 5.74) is 0. The van der Waals surface area contributed by atoms with Crippen molar-refractivity contribution in [3.8, 4) is 12.3 Å². The van der Waals surface area contributed by atoms with E-state index in [1.807, 2.05) is 0 Å². The molecule has 0 aromatic carbocycles. The van der Waals surface area contributed by atoms with E-state index in [1.54, 1.807) is 0 Å². The van der Waals surface area contributed by atoms with Crippen molar-refractivity contribution in [1.29, 1.82) is 0 Å². The number of hydrogen-bond acceptors (Lipinski definition) is 4. The fourth-order valence-corrected chi connectivity index (χ4v) is 2.05. The van der Waals surface area contributed by atoms with Crippen LogP contribution in [0.5, 0.6) is 0 Å². The van der Waals surface area contributed by atoms with E-state index in [2.05, 4.69) is 16.6 Å². The normalized spacial score (nSPS) is 18.4. The van der Waals surface area contributed by atoms with Gasteiger partial charge in [-0.3, -0.25) is 9.69 Å². The standard InChI is InChI=1S/C11H15N3O4S/c1-2-4-19-5-3-12-11(18)14-7-9(15)13-6-8(14)10(16)17/h1,8H,3-7H2,(H,12,18)(H,13,15)(H,16,17). The number of carboxylic acids is 1. The Morgan fingerprint density at radius 1 is 1.63 bits per heavy atom. The number of thioether (sulfide) groups is 1. The number of amides is 3. The Morgan fingerprint density at radius 3 is 3.00 bits per heavy atom. The van der Waals surface area contributed by atoms with Gasteiger partial charge in [0.1, 0.15) is 12.6 Å². The fraction of sp³-hybridized carbons (Fsp3) is 0.545. The van der Waals surface area contributed by atoms with Gasteiger partial charge in [0, 0.05) is 18.8 Å². The second-order valence-corrected chi connectivity index (χ2v) is 4.88. The fourth-order valence-electron chi connectivity index (χ4n) is 1.54. The average molecular weight is 285 g/mol. The Bertz CT molecular complexity index is 407. The summed E-state index contributed by atoms with van der Waals surface area (Å²) in [4.78, 5) is 35.0. The minimum absolute atomic E-state index is 0.0760. The molecule has 0 aromatic rings. The van der Waals surface area contributed by atoms with Crippen LogP contribution in [0.2, 0.25) is 0 Å². The maximum Gasteiger partial charge on any atom is 0.328 e. The lowest BCUT2D eigenvalue weighted by atomic mass is 10.2. The summed E-state index contributed by atoms with van der Waals surface area (Å²) < 4.78 is 0. The molecule has 19 heavy (non-hydrogen) atoms. The van der Waals surface area contributed by atoms with Crippen LogP contribution in [-0.4, -0.2) is 65.1 Å². The van der Waals surface area contributed by atoms with Gasteiger partial charge in [0.25, 0.3) is 0 Å². The minimum Gasteiger partial charge on any atom is -0.480 e. The third-order valence-electron chi connectivity index (χ3n) is 2.44. The molecule has 8 heteroatoms. The Morgan fingerprint density at radius 2 is 2.37 bits per heavy atom. The number of carbonyl (C=O) groups excluding carboxylic acids is 2. The summed E-state index contributed by atoms with van der Waals surface area (Å²) >= 11 is 1.48. The van der Waals surface area contributed by atoms with Crippen molar-refractivity contribution in [3.63, 3.8) is 0 Å². The maximum atomic E-state index is 11.8. The number of piperazine rings is 1. The molecule has 1 atom stereocenters. The third kappa shape index (κ3) is 4.71. The zero-order chi connectivity index (χ0) is 14.3. The van der Waals surface area contributed by atoms with Crippen LogP contribution in [0.3, 0.4) is 0 Å². The number of hydrogen-bond donors (Lipinski definition) is 3. The van der Waals surface area contributed by atoms with E-state index >= 15 is 0 Å². The number of terminal acetylenes is 1. The first kappa shape index (κ1) is 15.2. The monoisotopic (exact) mass is 285 g/mol. The summed E-state index contributed by atoms with van der Waals surface area (Å²) in [6, 6.07) is -1.58. The van der Waals surface area contributed by atoms with Crippen LogP contribution in [0, 0.1) is 12.3 Å².